The SMILES string of the molecule is Cc1csc(C(C)NC(=O)NCCC(C)O)n1. The van der Waals surface area contributed by atoms with E-state index in [-0.39, 0.29) is 12.1 Å². The summed E-state index contributed by atoms with van der Waals surface area (Å²) in [6.45, 7) is 5.98. The molecule has 0 saturated heterocycles. The summed E-state index contributed by atoms with van der Waals surface area (Å²) in [5, 5.41) is 17.4. The van der Waals surface area contributed by atoms with E-state index in [1.54, 1.807) is 6.92 Å². The molecule has 96 valence electrons. The van der Waals surface area contributed by atoms with Crippen molar-refractivity contribution in [1.82, 2.24) is 15.6 Å². The zero-order valence-corrected chi connectivity index (χ0v) is 11.2. The molecule has 0 aromatic carbocycles. The highest BCUT2D eigenvalue weighted by Gasteiger charge is 2.12. The lowest BCUT2D eigenvalue weighted by Gasteiger charge is -2.12. The van der Waals surface area contributed by atoms with Crippen LogP contribution in [-0.2, 0) is 0 Å². The van der Waals surface area contributed by atoms with Gasteiger partial charge in [-0.2, -0.15) is 0 Å². The molecule has 0 aliphatic rings. The topological polar surface area (TPSA) is 74.2 Å². The van der Waals surface area contributed by atoms with E-state index in [0.717, 1.165) is 10.7 Å². The minimum Gasteiger partial charge on any atom is -0.393 e. The van der Waals surface area contributed by atoms with Gasteiger partial charge in [-0.3, -0.25) is 0 Å². The highest BCUT2D eigenvalue weighted by Crippen LogP contribution is 2.16. The van der Waals surface area contributed by atoms with E-state index in [1.807, 2.05) is 19.2 Å². The smallest absolute Gasteiger partial charge is 0.315 e. The van der Waals surface area contributed by atoms with E-state index in [4.69, 9.17) is 5.11 Å². The number of aliphatic hydroxyl groups excluding tert-OH is 1. The number of carbonyl (C=O) groups excluding carboxylic acids is 1. The second-order valence-electron chi connectivity index (χ2n) is 4.09. The number of carbonyl (C=O) groups is 1. The highest BCUT2D eigenvalue weighted by molar-refractivity contribution is 7.09. The fourth-order valence-electron chi connectivity index (χ4n) is 1.28. The number of urea groups is 1. The van der Waals surface area contributed by atoms with Crippen molar-refractivity contribution in [1.29, 1.82) is 0 Å². The summed E-state index contributed by atoms with van der Waals surface area (Å²) in [6, 6.07) is -0.328. The minimum atomic E-state index is -0.394. The van der Waals surface area contributed by atoms with Crippen LogP contribution in [0.1, 0.15) is 37.0 Å². The minimum absolute atomic E-state index is 0.0970. The molecule has 2 atom stereocenters. The van der Waals surface area contributed by atoms with Gasteiger partial charge in [-0.15, -0.1) is 11.3 Å². The fourth-order valence-corrected chi connectivity index (χ4v) is 2.08. The van der Waals surface area contributed by atoms with Crippen LogP contribution < -0.4 is 10.6 Å². The Morgan fingerprint density at radius 1 is 1.59 bits per heavy atom. The third kappa shape index (κ3) is 5.14. The Bertz CT molecular complexity index is 365. The van der Waals surface area contributed by atoms with Crippen molar-refractivity contribution in [2.24, 2.45) is 0 Å². The maximum atomic E-state index is 11.5. The predicted molar refractivity (Wildman–Crippen MR) is 68.1 cm³/mol. The van der Waals surface area contributed by atoms with Crippen molar-refractivity contribution >= 4 is 17.4 Å². The summed E-state index contributed by atoms with van der Waals surface area (Å²) in [4.78, 5) is 15.8. The molecule has 1 aromatic rings. The van der Waals surface area contributed by atoms with Crippen LogP contribution in [0.15, 0.2) is 5.38 Å². The van der Waals surface area contributed by atoms with E-state index in [2.05, 4.69) is 15.6 Å². The Hall–Kier alpha value is -1.14. The molecular weight excluding hydrogens is 238 g/mol. The standard InChI is InChI=1S/C11H19N3O2S/c1-7-6-17-10(13-7)9(3)14-11(16)12-5-4-8(2)15/h6,8-9,15H,4-5H2,1-3H3,(H2,12,14,16). The monoisotopic (exact) mass is 257 g/mol. The van der Waals surface area contributed by atoms with E-state index >= 15 is 0 Å². The number of nitrogens with zero attached hydrogens (tertiary/aromatic N) is 1. The average molecular weight is 257 g/mol. The van der Waals surface area contributed by atoms with Crippen LogP contribution in [0.3, 0.4) is 0 Å². The first-order chi connectivity index (χ1) is 7.99. The van der Waals surface area contributed by atoms with Gasteiger partial charge in [0.15, 0.2) is 0 Å². The molecule has 0 radical (unpaired) electrons. The van der Waals surface area contributed by atoms with E-state index in [0.29, 0.717) is 13.0 Å². The number of thiazole rings is 1. The summed E-state index contributed by atoms with van der Waals surface area (Å²) >= 11 is 1.53. The lowest BCUT2D eigenvalue weighted by atomic mass is 10.3. The van der Waals surface area contributed by atoms with Gasteiger partial charge in [0.05, 0.1) is 12.1 Å². The van der Waals surface area contributed by atoms with E-state index < -0.39 is 6.10 Å². The zero-order valence-electron chi connectivity index (χ0n) is 10.4. The van der Waals surface area contributed by atoms with Gasteiger partial charge in [-0.05, 0) is 27.2 Å². The van der Waals surface area contributed by atoms with Crippen molar-refractivity contribution in [3.05, 3.63) is 16.1 Å². The van der Waals surface area contributed by atoms with Crippen LogP contribution in [0.4, 0.5) is 4.79 Å². The molecule has 2 amide bonds. The van der Waals surface area contributed by atoms with Crippen LogP contribution in [0, 0.1) is 6.92 Å². The normalized spacial score (nSPS) is 14.1. The summed E-state index contributed by atoms with van der Waals surface area (Å²) in [7, 11) is 0. The van der Waals surface area contributed by atoms with Crippen LogP contribution in [0.2, 0.25) is 0 Å². The van der Waals surface area contributed by atoms with Gasteiger partial charge in [0, 0.05) is 17.6 Å². The van der Waals surface area contributed by atoms with Crippen LogP contribution in [0.5, 0.6) is 0 Å². The molecular formula is C11H19N3O2S. The Morgan fingerprint density at radius 3 is 2.82 bits per heavy atom. The van der Waals surface area contributed by atoms with Gasteiger partial charge in [0.1, 0.15) is 5.01 Å². The molecule has 1 aromatic heterocycles. The summed E-state index contributed by atoms with van der Waals surface area (Å²) < 4.78 is 0. The molecule has 0 spiro atoms. The Kier molecular flexibility index (Phi) is 5.37. The van der Waals surface area contributed by atoms with Crippen LogP contribution in [-0.4, -0.2) is 28.8 Å². The average Bonchev–Trinajstić information content (AvgIpc) is 2.64. The van der Waals surface area contributed by atoms with Crippen LogP contribution in [0.25, 0.3) is 0 Å². The molecule has 0 saturated carbocycles. The molecule has 17 heavy (non-hydrogen) atoms. The number of hydrogen-bond donors (Lipinski definition) is 3. The maximum Gasteiger partial charge on any atom is 0.315 e. The molecule has 0 fully saturated rings. The maximum absolute atomic E-state index is 11.5. The van der Waals surface area contributed by atoms with Crippen molar-refractivity contribution in [2.75, 3.05) is 6.54 Å². The summed E-state index contributed by atoms with van der Waals surface area (Å²) in [5.74, 6) is 0. The second-order valence-corrected chi connectivity index (χ2v) is 4.98. The lowest BCUT2D eigenvalue weighted by molar-refractivity contribution is 0.183. The summed E-state index contributed by atoms with van der Waals surface area (Å²) in [6.07, 6.45) is 0.160. The van der Waals surface area contributed by atoms with E-state index in [9.17, 15) is 4.79 Å². The Morgan fingerprint density at radius 2 is 2.29 bits per heavy atom. The number of aryl methyl sites for hydroxylation is 1. The first-order valence-corrected chi connectivity index (χ1v) is 6.51. The number of hydrogen-bond acceptors (Lipinski definition) is 4. The number of aromatic nitrogens is 1. The van der Waals surface area contributed by atoms with Crippen molar-refractivity contribution in [2.45, 2.75) is 39.3 Å². The molecule has 5 nitrogen and oxygen atoms in total. The molecule has 1 rings (SSSR count). The zero-order chi connectivity index (χ0) is 12.8. The number of aliphatic hydroxyl groups is 1. The molecule has 6 heteroatoms. The van der Waals surface area contributed by atoms with Crippen molar-refractivity contribution < 1.29 is 9.90 Å². The first-order valence-electron chi connectivity index (χ1n) is 5.63. The molecule has 1 heterocycles. The van der Waals surface area contributed by atoms with Crippen molar-refractivity contribution in [3.8, 4) is 0 Å². The largest absolute Gasteiger partial charge is 0.393 e. The van der Waals surface area contributed by atoms with Gasteiger partial charge in [-0.25, -0.2) is 9.78 Å². The number of nitrogens with one attached hydrogen (secondary N) is 2. The molecule has 0 aliphatic heterocycles. The van der Waals surface area contributed by atoms with Gasteiger partial charge >= 0.3 is 6.03 Å². The number of amides is 2. The molecule has 0 aliphatic carbocycles. The molecule has 3 N–H and O–H groups in total. The van der Waals surface area contributed by atoms with Gasteiger partial charge < -0.3 is 15.7 Å². The van der Waals surface area contributed by atoms with Gasteiger partial charge in [0.25, 0.3) is 0 Å². The third-order valence-electron chi connectivity index (χ3n) is 2.20. The summed E-state index contributed by atoms with van der Waals surface area (Å²) in [5.41, 5.74) is 0.966. The third-order valence-corrected chi connectivity index (χ3v) is 3.35. The van der Waals surface area contributed by atoms with Gasteiger partial charge in [-0.1, -0.05) is 0 Å². The predicted octanol–water partition coefficient (Wildman–Crippen LogP) is 1.58. The number of rotatable bonds is 5. The quantitative estimate of drug-likeness (QED) is 0.749. The Balaban J connectivity index is 2.31. The fraction of sp³-hybridized carbons (Fsp3) is 0.636. The molecule has 0 bridgehead atoms. The highest BCUT2D eigenvalue weighted by atomic mass is 32.1. The van der Waals surface area contributed by atoms with E-state index in [1.165, 1.54) is 11.3 Å². The first kappa shape index (κ1) is 13.9. The van der Waals surface area contributed by atoms with Gasteiger partial charge in [0.2, 0.25) is 0 Å². The lowest BCUT2D eigenvalue weighted by Crippen LogP contribution is -2.38. The second kappa shape index (κ2) is 6.56. The van der Waals surface area contributed by atoms with Crippen molar-refractivity contribution in [3.63, 3.8) is 0 Å². The van der Waals surface area contributed by atoms with Crippen LogP contribution >= 0.6 is 11.3 Å². The molecule has 2 unspecified atom stereocenters. The Labute approximate surface area is 105 Å².